The van der Waals surface area contributed by atoms with Crippen LogP contribution in [0, 0.1) is 0 Å². The van der Waals surface area contributed by atoms with Crippen molar-refractivity contribution < 1.29 is 23.1 Å². The van der Waals surface area contributed by atoms with E-state index in [4.69, 9.17) is 0 Å². The van der Waals surface area contributed by atoms with Crippen molar-refractivity contribution in [2.24, 2.45) is 0 Å². The number of carbonyl (C=O) groups excluding carboxylic acids is 2. The molecule has 0 unspecified atom stereocenters. The Hall–Kier alpha value is -1.83. The number of thioether (sulfide) groups is 1. The monoisotopic (exact) mass is 356 g/mol. The van der Waals surface area contributed by atoms with E-state index in [1.54, 1.807) is 28.8 Å². The van der Waals surface area contributed by atoms with Crippen LogP contribution in [0.4, 0.5) is 8.78 Å². The number of rotatable bonds is 5. The number of hydrogen-bond acceptors (Lipinski definition) is 4. The summed E-state index contributed by atoms with van der Waals surface area (Å²) in [7, 11) is 0. The molecule has 3 rings (SSSR count). The van der Waals surface area contributed by atoms with Gasteiger partial charge in [-0.25, -0.2) is 0 Å². The number of fused-ring (bicyclic) bond motifs is 1. The minimum absolute atomic E-state index is 0.00924. The van der Waals surface area contributed by atoms with Gasteiger partial charge in [-0.15, -0.1) is 11.8 Å². The van der Waals surface area contributed by atoms with E-state index in [-0.39, 0.29) is 29.0 Å². The second-order valence-electron chi connectivity index (χ2n) is 6.01. The average Bonchev–Trinajstić information content (AvgIpc) is 3.01. The fourth-order valence-electron chi connectivity index (χ4n) is 3.15. The third-order valence-corrected chi connectivity index (χ3v) is 5.84. The molecule has 1 aromatic rings. The van der Waals surface area contributed by atoms with Crippen LogP contribution >= 0.6 is 11.8 Å². The van der Waals surface area contributed by atoms with Crippen LogP contribution in [0.5, 0.6) is 5.75 Å². The van der Waals surface area contributed by atoms with Crippen LogP contribution in [0.1, 0.15) is 25.3 Å². The molecule has 0 spiro atoms. The molecule has 2 aliphatic rings. The Kier molecular flexibility index (Phi) is 4.67. The lowest BCUT2D eigenvalue weighted by atomic mass is 10.2. The van der Waals surface area contributed by atoms with Gasteiger partial charge in [0.25, 0.3) is 0 Å². The van der Waals surface area contributed by atoms with Gasteiger partial charge in [-0.2, -0.15) is 8.78 Å². The van der Waals surface area contributed by atoms with Crippen molar-refractivity contribution in [2.45, 2.75) is 43.8 Å². The number of nitrogens with one attached hydrogen (secondary N) is 1. The van der Waals surface area contributed by atoms with Gasteiger partial charge in [0, 0.05) is 18.7 Å². The number of ether oxygens (including phenoxy) is 1. The Morgan fingerprint density at radius 1 is 1.54 bits per heavy atom. The van der Waals surface area contributed by atoms with Crippen molar-refractivity contribution in [2.75, 3.05) is 5.75 Å². The molecule has 1 aromatic carbocycles. The largest absolute Gasteiger partial charge is 0.435 e. The predicted octanol–water partition coefficient (Wildman–Crippen LogP) is 2.36. The van der Waals surface area contributed by atoms with Crippen molar-refractivity contribution in [3.05, 3.63) is 29.8 Å². The Labute approximate surface area is 142 Å². The van der Waals surface area contributed by atoms with E-state index < -0.39 is 12.7 Å². The van der Waals surface area contributed by atoms with Gasteiger partial charge in [0.2, 0.25) is 11.8 Å². The first-order chi connectivity index (χ1) is 11.4. The quantitative estimate of drug-likeness (QED) is 0.880. The normalized spacial score (nSPS) is 25.9. The lowest BCUT2D eigenvalue weighted by Gasteiger charge is -2.29. The van der Waals surface area contributed by atoms with Gasteiger partial charge >= 0.3 is 6.61 Å². The third-order valence-electron chi connectivity index (χ3n) is 4.34. The second-order valence-corrected chi connectivity index (χ2v) is 7.51. The van der Waals surface area contributed by atoms with Crippen LogP contribution in [0.3, 0.4) is 0 Å². The lowest BCUT2D eigenvalue weighted by Crippen LogP contribution is -2.49. The summed E-state index contributed by atoms with van der Waals surface area (Å²) in [5, 5.41) is 2.78. The molecule has 2 aliphatic heterocycles. The van der Waals surface area contributed by atoms with Crippen LogP contribution in [-0.2, 0) is 16.1 Å². The number of hydrogen-bond donors (Lipinski definition) is 1. The number of benzene rings is 1. The summed E-state index contributed by atoms with van der Waals surface area (Å²) >= 11 is 1.63. The summed E-state index contributed by atoms with van der Waals surface area (Å²) in [6.45, 7) is -0.704. The molecule has 0 saturated carbocycles. The Morgan fingerprint density at radius 3 is 3.08 bits per heavy atom. The third kappa shape index (κ3) is 3.33. The van der Waals surface area contributed by atoms with E-state index in [1.807, 2.05) is 6.92 Å². The zero-order chi connectivity index (χ0) is 17.3. The first-order valence-corrected chi connectivity index (χ1v) is 8.65. The van der Waals surface area contributed by atoms with E-state index in [2.05, 4.69) is 10.1 Å². The van der Waals surface area contributed by atoms with Crippen LogP contribution in [0.2, 0.25) is 0 Å². The lowest BCUT2D eigenvalue weighted by molar-refractivity contribution is -0.138. The minimum atomic E-state index is -2.88. The predicted molar refractivity (Wildman–Crippen MR) is 85.7 cm³/mol. The molecule has 0 radical (unpaired) electrons. The maximum atomic E-state index is 12.4. The molecule has 130 valence electrons. The number of nitrogens with zero attached hydrogens (tertiary/aromatic N) is 1. The van der Waals surface area contributed by atoms with E-state index in [1.165, 1.54) is 12.1 Å². The van der Waals surface area contributed by atoms with Crippen molar-refractivity contribution >= 4 is 23.6 Å². The van der Waals surface area contributed by atoms with Gasteiger partial charge in [-0.05, 0) is 31.0 Å². The maximum absolute atomic E-state index is 12.4. The van der Waals surface area contributed by atoms with Crippen LogP contribution in [0.25, 0.3) is 0 Å². The molecule has 0 aliphatic carbocycles. The fraction of sp³-hybridized carbons (Fsp3) is 0.500. The summed E-state index contributed by atoms with van der Waals surface area (Å²) in [4.78, 5) is 25.9. The SMILES string of the molecule is C[C@]12CCC(=O)N1[C@H](C(=O)NCc1cccc(OC(F)F)c1)CS2. The van der Waals surface area contributed by atoms with E-state index in [0.29, 0.717) is 17.7 Å². The summed E-state index contributed by atoms with van der Waals surface area (Å²) in [6, 6.07) is 5.72. The van der Waals surface area contributed by atoms with Gasteiger partial charge in [-0.3, -0.25) is 9.59 Å². The highest BCUT2D eigenvalue weighted by Gasteiger charge is 2.52. The molecular formula is C16H18F2N2O3S. The van der Waals surface area contributed by atoms with E-state index >= 15 is 0 Å². The van der Waals surface area contributed by atoms with E-state index in [0.717, 1.165) is 6.42 Å². The first kappa shape index (κ1) is 17.0. The molecule has 1 N–H and O–H groups in total. The molecule has 24 heavy (non-hydrogen) atoms. The van der Waals surface area contributed by atoms with Crippen molar-refractivity contribution in [1.82, 2.24) is 10.2 Å². The van der Waals surface area contributed by atoms with Crippen molar-refractivity contribution in [1.29, 1.82) is 0 Å². The number of amides is 2. The Bertz CT molecular complexity index is 658. The molecule has 5 nitrogen and oxygen atoms in total. The summed E-state index contributed by atoms with van der Waals surface area (Å²) in [5.74, 6) is 0.412. The molecule has 2 fully saturated rings. The molecule has 2 saturated heterocycles. The van der Waals surface area contributed by atoms with Crippen molar-refractivity contribution in [3.63, 3.8) is 0 Å². The molecule has 0 aromatic heterocycles. The van der Waals surface area contributed by atoms with Gasteiger partial charge in [-0.1, -0.05) is 12.1 Å². The number of carbonyl (C=O) groups is 2. The zero-order valence-corrected chi connectivity index (χ0v) is 13.9. The standard InChI is InChI=1S/C16H18F2N2O3S/c1-16-6-5-13(21)20(16)12(9-24-16)14(22)19-8-10-3-2-4-11(7-10)23-15(17)18/h2-4,7,12,15H,5-6,8-9H2,1H3,(H,19,22)/t12-,16-/m0/s1. The molecule has 2 amide bonds. The highest BCUT2D eigenvalue weighted by molar-refractivity contribution is 8.01. The molecule has 2 heterocycles. The molecular weight excluding hydrogens is 338 g/mol. The van der Waals surface area contributed by atoms with Gasteiger partial charge < -0.3 is 15.0 Å². The van der Waals surface area contributed by atoms with Gasteiger partial charge in [0.15, 0.2) is 0 Å². The summed E-state index contributed by atoms with van der Waals surface area (Å²) in [5.41, 5.74) is 0.655. The van der Waals surface area contributed by atoms with Crippen molar-refractivity contribution in [3.8, 4) is 5.75 Å². The Morgan fingerprint density at radius 2 is 2.33 bits per heavy atom. The topological polar surface area (TPSA) is 58.6 Å². The maximum Gasteiger partial charge on any atom is 0.387 e. The average molecular weight is 356 g/mol. The van der Waals surface area contributed by atoms with Crippen LogP contribution < -0.4 is 10.1 Å². The second kappa shape index (κ2) is 6.58. The van der Waals surface area contributed by atoms with Crippen LogP contribution in [-0.4, -0.2) is 40.0 Å². The van der Waals surface area contributed by atoms with Gasteiger partial charge in [0.1, 0.15) is 11.8 Å². The molecule has 2 atom stereocenters. The molecule has 0 bridgehead atoms. The fourth-order valence-corrected chi connectivity index (χ4v) is 4.59. The van der Waals surface area contributed by atoms with E-state index in [9.17, 15) is 18.4 Å². The van der Waals surface area contributed by atoms with Crippen LogP contribution in [0.15, 0.2) is 24.3 Å². The zero-order valence-electron chi connectivity index (χ0n) is 13.1. The number of alkyl halides is 2. The Balaban J connectivity index is 1.61. The summed E-state index contributed by atoms with van der Waals surface area (Å²) < 4.78 is 28.8. The number of halogens is 2. The molecule has 8 heteroatoms. The smallest absolute Gasteiger partial charge is 0.387 e. The summed E-state index contributed by atoms with van der Waals surface area (Å²) in [6.07, 6.45) is 1.23. The highest BCUT2D eigenvalue weighted by Crippen LogP contribution is 2.47. The first-order valence-electron chi connectivity index (χ1n) is 7.67. The van der Waals surface area contributed by atoms with Gasteiger partial charge in [0.05, 0.1) is 4.87 Å². The minimum Gasteiger partial charge on any atom is -0.435 e. The highest BCUT2D eigenvalue weighted by atomic mass is 32.2.